The minimum Gasteiger partial charge on any atom is -0.337 e. The van der Waals surface area contributed by atoms with Gasteiger partial charge in [-0.1, -0.05) is 31.5 Å². The van der Waals surface area contributed by atoms with Crippen LogP contribution in [0.2, 0.25) is 0 Å². The number of amides is 4. The third kappa shape index (κ3) is 4.53. The highest BCUT2D eigenvalue weighted by Gasteiger charge is 2.36. The molecule has 1 saturated heterocycles. The Balaban J connectivity index is 1.47. The number of rotatable bonds is 4. The SMILES string of the molecule is Cc1cccc(C(=O)N2CCCN(C(=O)c3ccc4c(c3)C(=O)N(CC(C)C)C4=O)CC2)c1. The summed E-state index contributed by atoms with van der Waals surface area (Å²) in [4.78, 5) is 56.2. The second-order valence-corrected chi connectivity index (χ2v) is 9.18. The monoisotopic (exact) mass is 447 g/mol. The average molecular weight is 448 g/mol. The molecule has 2 aromatic rings. The van der Waals surface area contributed by atoms with Crippen LogP contribution < -0.4 is 0 Å². The van der Waals surface area contributed by atoms with E-state index in [9.17, 15) is 19.2 Å². The molecule has 7 heteroatoms. The predicted molar refractivity (Wildman–Crippen MR) is 124 cm³/mol. The fourth-order valence-corrected chi connectivity index (χ4v) is 4.42. The quantitative estimate of drug-likeness (QED) is 0.674. The normalized spacial score (nSPS) is 16.3. The van der Waals surface area contributed by atoms with Crippen LogP contribution in [0.4, 0.5) is 0 Å². The molecule has 0 saturated carbocycles. The van der Waals surface area contributed by atoms with Crippen LogP contribution in [0.25, 0.3) is 0 Å². The van der Waals surface area contributed by atoms with Crippen LogP contribution in [0, 0.1) is 12.8 Å². The van der Waals surface area contributed by atoms with Crippen molar-refractivity contribution >= 4 is 23.6 Å². The first kappa shape index (κ1) is 22.7. The van der Waals surface area contributed by atoms with Crippen molar-refractivity contribution < 1.29 is 19.2 Å². The zero-order valence-electron chi connectivity index (χ0n) is 19.3. The van der Waals surface area contributed by atoms with Crippen molar-refractivity contribution in [3.05, 3.63) is 70.3 Å². The molecular weight excluding hydrogens is 418 g/mol. The maximum atomic E-state index is 13.2. The number of fused-ring (bicyclic) bond motifs is 1. The molecule has 0 aromatic heterocycles. The molecule has 0 aliphatic carbocycles. The smallest absolute Gasteiger partial charge is 0.261 e. The lowest BCUT2D eigenvalue weighted by atomic mass is 10.0. The largest absolute Gasteiger partial charge is 0.337 e. The highest BCUT2D eigenvalue weighted by atomic mass is 16.2. The maximum absolute atomic E-state index is 13.2. The van der Waals surface area contributed by atoms with Gasteiger partial charge in [0.2, 0.25) is 0 Å². The number of aryl methyl sites for hydroxylation is 1. The molecule has 2 heterocycles. The van der Waals surface area contributed by atoms with Gasteiger partial charge in [0.05, 0.1) is 11.1 Å². The van der Waals surface area contributed by atoms with Crippen LogP contribution in [0.3, 0.4) is 0 Å². The fourth-order valence-electron chi connectivity index (χ4n) is 4.42. The van der Waals surface area contributed by atoms with Gasteiger partial charge in [-0.15, -0.1) is 0 Å². The molecule has 2 aliphatic heterocycles. The van der Waals surface area contributed by atoms with E-state index in [2.05, 4.69) is 0 Å². The van der Waals surface area contributed by atoms with Crippen LogP contribution in [0.15, 0.2) is 42.5 Å². The Labute approximate surface area is 194 Å². The van der Waals surface area contributed by atoms with Gasteiger partial charge >= 0.3 is 0 Å². The van der Waals surface area contributed by atoms with Crippen molar-refractivity contribution in [2.24, 2.45) is 5.92 Å². The number of imide groups is 1. The zero-order chi connectivity index (χ0) is 23.7. The van der Waals surface area contributed by atoms with Crippen molar-refractivity contribution in [1.29, 1.82) is 0 Å². The molecule has 7 nitrogen and oxygen atoms in total. The Morgan fingerprint density at radius 2 is 1.42 bits per heavy atom. The molecule has 2 aliphatic rings. The van der Waals surface area contributed by atoms with Gasteiger partial charge in [0, 0.05) is 43.9 Å². The molecule has 0 bridgehead atoms. The molecule has 0 N–H and O–H groups in total. The van der Waals surface area contributed by atoms with Crippen LogP contribution in [0.5, 0.6) is 0 Å². The second-order valence-electron chi connectivity index (χ2n) is 9.18. The highest BCUT2D eigenvalue weighted by molar-refractivity contribution is 6.22. The molecule has 0 atom stereocenters. The van der Waals surface area contributed by atoms with Gasteiger partial charge in [-0.3, -0.25) is 24.1 Å². The van der Waals surface area contributed by atoms with E-state index >= 15 is 0 Å². The Kier molecular flexibility index (Phi) is 6.31. The van der Waals surface area contributed by atoms with Crippen molar-refractivity contribution in [1.82, 2.24) is 14.7 Å². The molecule has 0 unspecified atom stereocenters. The van der Waals surface area contributed by atoms with Gasteiger partial charge in [-0.05, 0) is 49.6 Å². The Morgan fingerprint density at radius 1 is 0.818 bits per heavy atom. The van der Waals surface area contributed by atoms with Gasteiger partial charge in [-0.25, -0.2) is 0 Å². The van der Waals surface area contributed by atoms with Crippen molar-refractivity contribution in [3.63, 3.8) is 0 Å². The molecule has 4 amide bonds. The van der Waals surface area contributed by atoms with Crippen LogP contribution in [0.1, 0.15) is 67.3 Å². The lowest BCUT2D eigenvalue weighted by Crippen LogP contribution is -2.37. The lowest BCUT2D eigenvalue weighted by molar-refractivity contribution is 0.0635. The van der Waals surface area contributed by atoms with Crippen LogP contribution >= 0.6 is 0 Å². The van der Waals surface area contributed by atoms with Gasteiger partial charge in [0.25, 0.3) is 23.6 Å². The molecule has 33 heavy (non-hydrogen) atoms. The average Bonchev–Trinajstić information content (AvgIpc) is 2.96. The van der Waals surface area contributed by atoms with Crippen molar-refractivity contribution in [2.45, 2.75) is 27.2 Å². The van der Waals surface area contributed by atoms with E-state index in [1.165, 1.54) is 4.90 Å². The number of carbonyl (C=O) groups is 4. The van der Waals surface area contributed by atoms with E-state index in [0.29, 0.717) is 55.8 Å². The summed E-state index contributed by atoms with van der Waals surface area (Å²) in [6.07, 6.45) is 0.674. The summed E-state index contributed by atoms with van der Waals surface area (Å²) in [6, 6.07) is 12.3. The highest BCUT2D eigenvalue weighted by Crippen LogP contribution is 2.25. The Morgan fingerprint density at radius 3 is 2.03 bits per heavy atom. The molecule has 2 aromatic carbocycles. The van der Waals surface area contributed by atoms with Gasteiger partial charge in [0.1, 0.15) is 0 Å². The van der Waals surface area contributed by atoms with E-state index < -0.39 is 0 Å². The molecule has 0 spiro atoms. The van der Waals surface area contributed by atoms with E-state index in [4.69, 9.17) is 0 Å². The van der Waals surface area contributed by atoms with E-state index in [1.54, 1.807) is 28.0 Å². The number of benzene rings is 2. The summed E-state index contributed by atoms with van der Waals surface area (Å²) in [5, 5.41) is 0. The van der Waals surface area contributed by atoms with Gasteiger partial charge < -0.3 is 9.80 Å². The van der Waals surface area contributed by atoms with E-state index in [-0.39, 0.29) is 35.1 Å². The van der Waals surface area contributed by atoms with Crippen molar-refractivity contribution in [3.8, 4) is 0 Å². The summed E-state index contributed by atoms with van der Waals surface area (Å²) in [5.74, 6) is -0.701. The number of nitrogens with zero attached hydrogens (tertiary/aromatic N) is 3. The standard InChI is InChI=1S/C26H29N3O4/c1-17(2)16-29-25(32)21-9-8-20(15-22(21)26(29)33)24(31)28-11-5-10-27(12-13-28)23(30)19-7-4-6-18(3)14-19/h4,6-9,14-15,17H,5,10-13,16H2,1-3H3. The number of hydrogen-bond donors (Lipinski definition) is 0. The summed E-state index contributed by atoms with van der Waals surface area (Å²) >= 11 is 0. The summed E-state index contributed by atoms with van der Waals surface area (Å²) in [5.41, 5.74) is 2.71. The molecule has 0 radical (unpaired) electrons. The fraction of sp³-hybridized carbons (Fsp3) is 0.385. The molecule has 172 valence electrons. The van der Waals surface area contributed by atoms with Crippen LogP contribution in [-0.4, -0.2) is 71.1 Å². The van der Waals surface area contributed by atoms with Crippen molar-refractivity contribution in [2.75, 3.05) is 32.7 Å². The molecular formula is C26H29N3O4. The van der Waals surface area contributed by atoms with Gasteiger partial charge in [0.15, 0.2) is 0 Å². The second kappa shape index (κ2) is 9.17. The third-order valence-corrected chi connectivity index (χ3v) is 6.10. The number of hydrogen-bond acceptors (Lipinski definition) is 4. The summed E-state index contributed by atoms with van der Waals surface area (Å²) in [6.45, 7) is 8.18. The molecule has 1 fully saturated rings. The zero-order valence-corrected chi connectivity index (χ0v) is 19.3. The topological polar surface area (TPSA) is 78.0 Å². The van der Waals surface area contributed by atoms with E-state index in [1.807, 2.05) is 45.0 Å². The minimum absolute atomic E-state index is 0.0279. The van der Waals surface area contributed by atoms with Crippen LogP contribution in [-0.2, 0) is 0 Å². The minimum atomic E-state index is -0.343. The Hall–Kier alpha value is -3.48. The first-order valence-corrected chi connectivity index (χ1v) is 11.4. The summed E-state index contributed by atoms with van der Waals surface area (Å²) in [7, 11) is 0. The first-order valence-electron chi connectivity index (χ1n) is 11.4. The summed E-state index contributed by atoms with van der Waals surface area (Å²) < 4.78 is 0. The van der Waals surface area contributed by atoms with Gasteiger partial charge in [-0.2, -0.15) is 0 Å². The maximum Gasteiger partial charge on any atom is 0.261 e. The first-order chi connectivity index (χ1) is 15.8. The Bertz CT molecular complexity index is 1120. The molecule has 4 rings (SSSR count). The lowest BCUT2D eigenvalue weighted by Gasteiger charge is -2.22. The van der Waals surface area contributed by atoms with E-state index in [0.717, 1.165) is 5.56 Å². The predicted octanol–water partition coefficient (Wildman–Crippen LogP) is 3.24. The third-order valence-electron chi connectivity index (χ3n) is 6.10. The number of carbonyl (C=O) groups excluding carboxylic acids is 4.